The molecule has 1 N–H and O–H groups in total. The van der Waals surface area contributed by atoms with Crippen LogP contribution < -0.4 is 0 Å². The maximum Gasteiger partial charge on any atom is 0.262 e. The fourth-order valence-corrected chi connectivity index (χ4v) is 5.76. The molecular formula is C28H24BrN3O2. The van der Waals surface area contributed by atoms with Crippen molar-refractivity contribution >= 4 is 71.1 Å². The number of likely N-dealkylation sites (N-methyl/N-ethyl adjacent to an activating group) is 1. The summed E-state index contributed by atoms with van der Waals surface area (Å²) in [6.07, 6.45) is 0. The molecule has 34 heavy (non-hydrogen) atoms. The zero-order chi connectivity index (χ0) is 23.6. The molecule has 0 atom stereocenters. The van der Waals surface area contributed by atoms with E-state index in [-0.39, 0.29) is 11.8 Å². The average Bonchev–Trinajstić information content (AvgIpc) is 3.34. The zero-order valence-electron chi connectivity index (χ0n) is 19.1. The normalized spacial score (nSPS) is 13.9. The number of halogens is 1. The highest BCUT2D eigenvalue weighted by Gasteiger charge is 2.40. The number of fused-ring (bicyclic) bond motifs is 10. The summed E-state index contributed by atoms with van der Waals surface area (Å²) in [4.78, 5) is 35.0. The van der Waals surface area contributed by atoms with Crippen molar-refractivity contribution in [3.8, 4) is 0 Å². The number of nitrogens with one attached hydrogen (secondary N) is 1. The van der Waals surface area contributed by atoms with Crippen LogP contribution >= 0.6 is 15.9 Å². The highest BCUT2D eigenvalue weighted by molar-refractivity contribution is 9.10. The van der Waals surface area contributed by atoms with E-state index >= 15 is 0 Å². The molecule has 1 aliphatic heterocycles. The molecule has 2 heterocycles. The lowest BCUT2D eigenvalue weighted by Crippen LogP contribution is -2.38. The van der Waals surface area contributed by atoms with Gasteiger partial charge in [0, 0.05) is 44.6 Å². The Bertz CT molecular complexity index is 1650. The number of carbonyl (C=O) groups excluding carboxylic acids is 2. The van der Waals surface area contributed by atoms with Crippen LogP contribution in [0.5, 0.6) is 0 Å². The Balaban J connectivity index is 1.71. The summed E-state index contributed by atoms with van der Waals surface area (Å²) in [6.45, 7) is 7.01. The first-order valence-electron chi connectivity index (χ1n) is 11.7. The molecule has 1 aliphatic rings. The van der Waals surface area contributed by atoms with E-state index in [9.17, 15) is 9.59 Å². The Morgan fingerprint density at radius 1 is 0.853 bits per heavy atom. The van der Waals surface area contributed by atoms with Gasteiger partial charge in [-0.1, -0.05) is 66.2 Å². The first-order chi connectivity index (χ1) is 16.5. The van der Waals surface area contributed by atoms with Gasteiger partial charge in [0.2, 0.25) is 0 Å². The molecule has 0 bridgehead atoms. The Hall–Kier alpha value is -3.22. The Kier molecular flexibility index (Phi) is 4.97. The number of benzene rings is 4. The standard InChI is InChI=1S/C28H24BrN3O2/c1-3-31(4-2)13-14-32-27(33)24-22-18-8-6-5-7-16(18)9-11-19(22)26-23(25(24)28(32)34)20-15-17(29)10-12-21(20)30-26/h5-12,15,30H,3-4,13-14H2,1-2H3. The second kappa shape index (κ2) is 7.93. The Morgan fingerprint density at radius 2 is 1.59 bits per heavy atom. The third kappa shape index (κ3) is 2.95. The van der Waals surface area contributed by atoms with Crippen LogP contribution in [0.25, 0.3) is 43.4 Å². The largest absolute Gasteiger partial charge is 0.354 e. The second-order valence-electron chi connectivity index (χ2n) is 8.81. The molecule has 1 aromatic heterocycles. The predicted octanol–water partition coefficient (Wildman–Crippen LogP) is 6.33. The molecule has 0 saturated carbocycles. The Morgan fingerprint density at radius 3 is 2.35 bits per heavy atom. The van der Waals surface area contributed by atoms with Gasteiger partial charge < -0.3 is 9.88 Å². The molecule has 0 unspecified atom stereocenters. The van der Waals surface area contributed by atoms with Crippen molar-refractivity contribution in [1.29, 1.82) is 0 Å². The molecule has 0 saturated heterocycles. The topological polar surface area (TPSA) is 56.4 Å². The number of hydrogen-bond acceptors (Lipinski definition) is 3. The van der Waals surface area contributed by atoms with Crippen LogP contribution in [0, 0.1) is 0 Å². The van der Waals surface area contributed by atoms with Gasteiger partial charge in [-0.2, -0.15) is 0 Å². The lowest BCUT2D eigenvalue weighted by Gasteiger charge is -2.21. The number of amides is 2. The third-order valence-corrected chi connectivity index (χ3v) is 7.65. The number of H-pyrrole nitrogens is 1. The van der Waals surface area contributed by atoms with E-state index in [4.69, 9.17) is 0 Å². The molecule has 170 valence electrons. The van der Waals surface area contributed by atoms with E-state index in [0.29, 0.717) is 24.2 Å². The fourth-order valence-electron chi connectivity index (χ4n) is 5.40. The second-order valence-corrected chi connectivity index (χ2v) is 9.73. The van der Waals surface area contributed by atoms with Crippen molar-refractivity contribution in [2.24, 2.45) is 0 Å². The van der Waals surface area contributed by atoms with Gasteiger partial charge in [-0.25, -0.2) is 0 Å². The summed E-state index contributed by atoms with van der Waals surface area (Å²) in [5.74, 6) is -0.396. The van der Waals surface area contributed by atoms with Crippen LogP contribution in [-0.4, -0.2) is 52.8 Å². The smallest absolute Gasteiger partial charge is 0.262 e. The van der Waals surface area contributed by atoms with E-state index in [1.165, 1.54) is 4.90 Å². The van der Waals surface area contributed by atoms with Crippen molar-refractivity contribution in [2.45, 2.75) is 13.8 Å². The number of rotatable bonds is 5. The van der Waals surface area contributed by atoms with Crippen LogP contribution in [0.15, 0.2) is 59.1 Å². The van der Waals surface area contributed by atoms with Crippen molar-refractivity contribution in [2.75, 3.05) is 26.2 Å². The summed E-state index contributed by atoms with van der Waals surface area (Å²) in [7, 11) is 0. The van der Waals surface area contributed by atoms with Gasteiger partial charge in [0.25, 0.3) is 11.8 Å². The highest BCUT2D eigenvalue weighted by atomic mass is 79.9. The molecule has 0 aliphatic carbocycles. The molecule has 0 fully saturated rings. The first kappa shape index (κ1) is 21.3. The number of hydrogen-bond donors (Lipinski definition) is 1. The monoisotopic (exact) mass is 513 g/mol. The van der Waals surface area contributed by atoms with Crippen LogP contribution in [0.2, 0.25) is 0 Å². The van der Waals surface area contributed by atoms with E-state index in [1.807, 2.05) is 42.5 Å². The van der Waals surface area contributed by atoms with Gasteiger partial charge in [0.1, 0.15) is 0 Å². The minimum Gasteiger partial charge on any atom is -0.354 e. The molecule has 5 aromatic rings. The van der Waals surface area contributed by atoms with E-state index in [2.05, 4.69) is 51.8 Å². The number of imide groups is 1. The fraction of sp³-hybridized carbons (Fsp3) is 0.214. The van der Waals surface area contributed by atoms with Crippen LogP contribution in [0.4, 0.5) is 0 Å². The number of aromatic amines is 1. The highest BCUT2D eigenvalue weighted by Crippen LogP contribution is 2.44. The maximum atomic E-state index is 13.9. The number of carbonyl (C=O) groups is 2. The van der Waals surface area contributed by atoms with Gasteiger partial charge in [0.05, 0.1) is 16.6 Å². The average molecular weight is 514 g/mol. The zero-order valence-corrected chi connectivity index (χ0v) is 20.7. The van der Waals surface area contributed by atoms with Gasteiger partial charge in [0.15, 0.2) is 0 Å². The van der Waals surface area contributed by atoms with Gasteiger partial charge in [-0.05, 0) is 42.1 Å². The molecule has 2 amide bonds. The van der Waals surface area contributed by atoms with Crippen LogP contribution in [0.1, 0.15) is 34.6 Å². The molecule has 6 rings (SSSR count). The van der Waals surface area contributed by atoms with Crippen LogP contribution in [0.3, 0.4) is 0 Å². The van der Waals surface area contributed by atoms with Crippen molar-refractivity contribution < 1.29 is 9.59 Å². The van der Waals surface area contributed by atoms with Crippen molar-refractivity contribution in [3.63, 3.8) is 0 Å². The van der Waals surface area contributed by atoms with Gasteiger partial charge in [-0.3, -0.25) is 14.5 Å². The van der Waals surface area contributed by atoms with Gasteiger partial charge >= 0.3 is 0 Å². The summed E-state index contributed by atoms with van der Waals surface area (Å²) < 4.78 is 0.934. The molecule has 5 nitrogen and oxygen atoms in total. The summed E-state index contributed by atoms with van der Waals surface area (Å²) >= 11 is 3.58. The minimum atomic E-state index is -0.201. The number of aromatic nitrogens is 1. The third-order valence-electron chi connectivity index (χ3n) is 7.16. The SMILES string of the molecule is CCN(CC)CCN1C(=O)c2c(c3c4cc(Br)ccc4[nH]c3c3ccc4ccccc4c23)C1=O. The summed E-state index contributed by atoms with van der Waals surface area (Å²) in [5.41, 5.74) is 2.90. The van der Waals surface area contributed by atoms with Crippen molar-refractivity contribution in [1.82, 2.24) is 14.8 Å². The van der Waals surface area contributed by atoms with Crippen molar-refractivity contribution in [3.05, 3.63) is 70.2 Å². The molecular weight excluding hydrogens is 490 g/mol. The summed E-state index contributed by atoms with van der Waals surface area (Å²) in [5, 5.41) is 5.64. The lowest BCUT2D eigenvalue weighted by molar-refractivity contribution is 0.0639. The Labute approximate surface area is 205 Å². The molecule has 6 heteroatoms. The van der Waals surface area contributed by atoms with Gasteiger partial charge in [-0.15, -0.1) is 0 Å². The van der Waals surface area contributed by atoms with Crippen LogP contribution in [-0.2, 0) is 0 Å². The molecule has 0 radical (unpaired) electrons. The number of nitrogens with zero attached hydrogens (tertiary/aromatic N) is 2. The quantitative estimate of drug-likeness (QED) is 0.220. The van der Waals surface area contributed by atoms with E-state index in [1.54, 1.807) is 0 Å². The van der Waals surface area contributed by atoms with E-state index in [0.717, 1.165) is 60.9 Å². The lowest BCUT2D eigenvalue weighted by atomic mass is 9.91. The maximum absolute atomic E-state index is 13.9. The predicted molar refractivity (Wildman–Crippen MR) is 142 cm³/mol. The van der Waals surface area contributed by atoms with E-state index < -0.39 is 0 Å². The first-order valence-corrected chi connectivity index (χ1v) is 12.5. The summed E-state index contributed by atoms with van der Waals surface area (Å²) in [6, 6.07) is 18.3. The minimum absolute atomic E-state index is 0.195. The molecule has 0 spiro atoms. The molecule has 4 aromatic carbocycles.